The third kappa shape index (κ3) is 8.25. The van der Waals surface area contributed by atoms with Gasteiger partial charge >= 0.3 is 12.0 Å². The molecule has 2 aromatic carbocycles. The van der Waals surface area contributed by atoms with Crippen LogP contribution in [-0.4, -0.2) is 60.6 Å². The summed E-state index contributed by atoms with van der Waals surface area (Å²) in [4.78, 5) is 35.4. The average Bonchev–Trinajstić information content (AvgIpc) is 2.77. The number of nitrogens with zero attached hydrogens (tertiary/aromatic N) is 4. The Morgan fingerprint density at radius 2 is 1.73 bits per heavy atom. The number of nitrogens with one attached hydrogen (secondary N) is 1. The number of carbonyl (C=O) groups is 2. The van der Waals surface area contributed by atoms with E-state index in [-0.39, 0.29) is 18.4 Å². The lowest BCUT2D eigenvalue weighted by Crippen LogP contribution is -2.30. The van der Waals surface area contributed by atoms with Gasteiger partial charge in [0.1, 0.15) is 5.84 Å². The van der Waals surface area contributed by atoms with Gasteiger partial charge in [-0.05, 0) is 36.1 Å². The zero-order valence-electron chi connectivity index (χ0n) is 19.5. The lowest BCUT2D eigenvalue weighted by atomic mass is 10.1. The number of hydrogen-bond acceptors (Lipinski definition) is 4. The molecule has 0 radical (unpaired) electrons. The van der Waals surface area contributed by atoms with Crippen LogP contribution in [0.15, 0.2) is 70.4 Å². The normalized spacial score (nSPS) is 12.6. The summed E-state index contributed by atoms with van der Waals surface area (Å²) in [5, 5.41) is 12.0. The molecule has 0 aliphatic rings. The average molecular weight is 450 g/mol. The summed E-state index contributed by atoms with van der Waals surface area (Å²) < 4.78 is 0. The smallest absolute Gasteiger partial charge is 0.321 e. The number of hydrogen-bond donors (Lipinski definition) is 2. The predicted octanol–water partition coefficient (Wildman–Crippen LogP) is 4.42. The highest BCUT2D eigenvalue weighted by molar-refractivity contribution is 5.89. The lowest BCUT2D eigenvalue weighted by Gasteiger charge is -2.20. The number of carbonyl (C=O) groups excluding carboxylic acids is 1. The van der Waals surface area contributed by atoms with E-state index in [1.165, 1.54) is 0 Å². The van der Waals surface area contributed by atoms with E-state index < -0.39 is 5.97 Å². The predicted molar refractivity (Wildman–Crippen MR) is 133 cm³/mol. The number of benzene rings is 2. The molecule has 0 saturated carbocycles. The topological polar surface area (TPSA) is 97.6 Å². The molecule has 0 spiro atoms. The Morgan fingerprint density at radius 1 is 1.09 bits per heavy atom. The molecule has 0 aliphatic carbocycles. The van der Waals surface area contributed by atoms with Gasteiger partial charge in [-0.15, -0.1) is 0 Å². The zero-order chi connectivity index (χ0) is 24.4. The molecule has 0 fully saturated rings. The first-order chi connectivity index (χ1) is 15.7. The van der Waals surface area contributed by atoms with Gasteiger partial charge in [0.15, 0.2) is 5.82 Å². The first-order valence-electron chi connectivity index (χ1n) is 10.5. The van der Waals surface area contributed by atoms with Crippen LogP contribution in [-0.2, 0) is 11.3 Å². The van der Waals surface area contributed by atoms with Crippen LogP contribution >= 0.6 is 0 Å². The second-order valence-electron chi connectivity index (χ2n) is 7.92. The molecule has 0 saturated heterocycles. The Bertz CT molecular complexity index is 1010. The number of amidine groups is 1. The van der Waals surface area contributed by atoms with Crippen molar-refractivity contribution in [2.45, 2.75) is 19.9 Å². The molecule has 33 heavy (non-hydrogen) atoms. The fraction of sp³-hybridized carbons (Fsp3) is 0.280. The van der Waals surface area contributed by atoms with Gasteiger partial charge in [-0.2, -0.15) is 0 Å². The van der Waals surface area contributed by atoms with Gasteiger partial charge in [0.25, 0.3) is 0 Å². The summed E-state index contributed by atoms with van der Waals surface area (Å²) >= 11 is 0. The first-order valence-corrected chi connectivity index (χ1v) is 10.5. The molecule has 8 nitrogen and oxygen atoms in total. The first kappa shape index (κ1) is 25.3. The standard InChI is InChI=1S/C25H31N5O3/c1-18(15-23(31)32)24(29(3)4)28-22(26-2)16-19-11-13-21(14-12-19)27-25(33)30(5)17-20-9-7-6-8-10-20/h6-14,16,18H,2,15,17H2,1,3-5H3,(H,27,33)(H,31,32)/b22-16-,28-24?. The molecular weight excluding hydrogens is 418 g/mol. The van der Waals surface area contributed by atoms with E-state index in [2.05, 4.69) is 22.0 Å². The number of aliphatic imine (C=N–C) groups is 2. The number of rotatable bonds is 9. The molecule has 2 N–H and O–H groups in total. The third-order valence-corrected chi connectivity index (χ3v) is 4.84. The lowest BCUT2D eigenvalue weighted by molar-refractivity contribution is -0.137. The fourth-order valence-corrected chi connectivity index (χ4v) is 3.19. The second-order valence-corrected chi connectivity index (χ2v) is 7.92. The minimum atomic E-state index is -0.888. The molecule has 1 atom stereocenters. The molecule has 0 aliphatic heterocycles. The van der Waals surface area contributed by atoms with Gasteiger partial charge < -0.3 is 20.2 Å². The molecule has 0 heterocycles. The molecule has 1 unspecified atom stereocenters. The van der Waals surface area contributed by atoms with Crippen molar-refractivity contribution in [2.24, 2.45) is 15.9 Å². The van der Waals surface area contributed by atoms with Crippen molar-refractivity contribution in [1.82, 2.24) is 9.80 Å². The van der Waals surface area contributed by atoms with Crippen LogP contribution < -0.4 is 5.32 Å². The van der Waals surface area contributed by atoms with Gasteiger partial charge in [0, 0.05) is 39.3 Å². The number of carboxylic acid groups (broad SMARTS) is 1. The number of urea groups is 1. The molecule has 2 aromatic rings. The van der Waals surface area contributed by atoms with E-state index in [0.29, 0.717) is 23.9 Å². The van der Waals surface area contributed by atoms with Gasteiger partial charge in [-0.3, -0.25) is 4.79 Å². The Labute approximate surface area is 195 Å². The number of anilines is 1. The van der Waals surface area contributed by atoms with E-state index >= 15 is 0 Å². The monoisotopic (exact) mass is 449 g/mol. The Balaban J connectivity index is 2.09. The maximum absolute atomic E-state index is 12.5. The van der Waals surface area contributed by atoms with Crippen LogP contribution in [0.2, 0.25) is 0 Å². The van der Waals surface area contributed by atoms with Crippen LogP contribution in [0.1, 0.15) is 24.5 Å². The quantitative estimate of drug-likeness (QED) is 0.437. The molecular formula is C25H31N5O3. The largest absolute Gasteiger partial charge is 0.481 e. The van der Waals surface area contributed by atoms with E-state index in [1.54, 1.807) is 42.0 Å². The van der Waals surface area contributed by atoms with Crippen molar-refractivity contribution in [1.29, 1.82) is 0 Å². The summed E-state index contributed by atoms with van der Waals surface area (Å²) in [5.41, 5.74) is 2.54. The van der Waals surface area contributed by atoms with E-state index in [9.17, 15) is 9.59 Å². The van der Waals surface area contributed by atoms with Crippen LogP contribution in [0.5, 0.6) is 0 Å². The van der Waals surface area contributed by atoms with Gasteiger partial charge in [-0.1, -0.05) is 49.4 Å². The van der Waals surface area contributed by atoms with Crippen molar-refractivity contribution in [3.63, 3.8) is 0 Å². The Kier molecular flexibility index (Phi) is 9.35. The molecule has 0 bridgehead atoms. The maximum atomic E-state index is 12.5. The van der Waals surface area contributed by atoms with Crippen molar-refractivity contribution in [3.8, 4) is 0 Å². The maximum Gasteiger partial charge on any atom is 0.321 e. The van der Waals surface area contributed by atoms with E-state index in [0.717, 1.165) is 11.1 Å². The van der Waals surface area contributed by atoms with Crippen molar-refractivity contribution >= 4 is 36.3 Å². The summed E-state index contributed by atoms with van der Waals surface area (Å²) in [6, 6.07) is 16.8. The van der Waals surface area contributed by atoms with Crippen LogP contribution in [0, 0.1) is 5.92 Å². The molecule has 8 heteroatoms. The molecule has 2 amide bonds. The fourth-order valence-electron chi connectivity index (χ4n) is 3.19. The summed E-state index contributed by atoms with van der Waals surface area (Å²) in [7, 11) is 5.36. The van der Waals surface area contributed by atoms with Crippen LogP contribution in [0.25, 0.3) is 6.08 Å². The van der Waals surface area contributed by atoms with Crippen LogP contribution in [0.3, 0.4) is 0 Å². The summed E-state index contributed by atoms with van der Waals surface area (Å²) in [6.07, 6.45) is 1.71. The highest BCUT2D eigenvalue weighted by Crippen LogP contribution is 2.17. The van der Waals surface area contributed by atoms with Crippen molar-refractivity contribution in [3.05, 3.63) is 71.5 Å². The van der Waals surface area contributed by atoms with E-state index in [4.69, 9.17) is 5.11 Å². The minimum Gasteiger partial charge on any atom is -0.481 e. The third-order valence-electron chi connectivity index (χ3n) is 4.84. The molecule has 174 valence electrons. The summed E-state index contributed by atoms with van der Waals surface area (Å²) in [6.45, 7) is 5.89. The van der Waals surface area contributed by atoms with Crippen molar-refractivity contribution < 1.29 is 14.7 Å². The van der Waals surface area contributed by atoms with E-state index in [1.807, 2.05) is 56.6 Å². The highest BCUT2D eigenvalue weighted by atomic mass is 16.4. The van der Waals surface area contributed by atoms with Crippen molar-refractivity contribution in [2.75, 3.05) is 26.5 Å². The molecule has 2 rings (SSSR count). The number of aliphatic carboxylic acids is 1. The zero-order valence-corrected chi connectivity index (χ0v) is 19.5. The highest BCUT2D eigenvalue weighted by Gasteiger charge is 2.17. The van der Waals surface area contributed by atoms with Crippen LogP contribution in [0.4, 0.5) is 10.5 Å². The number of amides is 2. The second kappa shape index (κ2) is 12.2. The minimum absolute atomic E-state index is 0.0332. The Morgan fingerprint density at radius 3 is 2.27 bits per heavy atom. The molecule has 0 aromatic heterocycles. The van der Waals surface area contributed by atoms with Gasteiger partial charge in [-0.25, -0.2) is 14.8 Å². The SMILES string of the molecule is C=N/C(=C/c1ccc(NC(=O)N(C)Cc2ccccc2)cc1)N=C(C(C)CC(=O)O)N(C)C. The summed E-state index contributed by atoms with van der Waals surface area (Å²) in [5.74, 6) is -0.203. The van der Waals surface area contributed by atoms with Gasteiger partial charge in [0.2, 0.25) is 0 Å². The Hall–Kier alpha value is -3.94. The van der Waals surface area contributed by atoms with Gasteiger partial charge in [0.05, 0.1) is 6.42 Å². The number of carboxylic acids is 1.